The van der Waals surface area contributed by atoms with Crippen molar-refractivity contribution in [1.29, 1.82) is 5.26 Å². The van der Waals surface area contributed by atoms with Crippen LogP contribution in [0.3, 0.4) is 0 Å². The summed E-state index contributed by atoms with van der Waals surface area (Å²) in [6.45, 7) is 0. The van der Waals surface area contributed by atoms with Crippen LogP contribution in [0.5, 0.6) is 0 Å². The van der Waals surface area contributed by atoms with Crippen molar-refractivity contribution in [3.8, 4) is 6.07 Å². The SMILES string of the molecule is N#Cc1ccc(NS(=O)(=O)c2c[nH]ccc2=O)c(F)c1. The standard InChI is InChI=1S/C12H8FN3O3S/c13-9-5-8(6-14)1-2-10(9)16-20(18,19)12-7-15-4-3-11(12)17/h1-5,7,16H,(H,15,17). The van der Waals surface area contributed by atoms with Crippen LogP contribution >= 0.6 is 0 Å². The molecule has 0 unspecified atom stereocenters. The van der Waals surface area contributed by atoms with Gasteiger partial charge in [-0.15, -0.1) is 0 Å². The fourth-order valence-corrected chi connectivity index (χ4v) is 2.60. The summed E-state index contributed by atoms with van der Waals surface area (Å²) in [4.78, 5) is 13.4. The number of hydrogen-bond donors (Lipinski definition) is 2. The average Bonchev–Trinajstić information content (AvgIpc) is 2.41. The summed E-state index contributed by atoms with van der Waals surface area (Å²) < 4.78 is 39.5. The highest BCUT2D eigenvalue weighted by Gasteiger charge is 2.19. The van der Waals surface area contributed by atoms with E-state index in [1.165, 1.54) is 12.3 Å². The lowest BCUT2D eigenvalue weighted by Gasteiger charge is -2.08. The lowest BCUT2D eigenvalue weighted by molar-refractivity contribution is 0.597. The number of sulfonamides is 1. The molecule has 1 heterocycles. The highest BCUT2D eigenvalue weighted by Crippen LogP contribution is 2.18. The Kier molecular flexibility index (Phi) is 3.54. The number of nitriles is 1. The molecule has 0 saturated heterocycles. The Balaban J connectivity index is 2.42. The van der Waals surface area contributed by atoms with Crippen LogP contribution in [0.1, 0.15) is 5.56 Å². The number of halogens is 1. The summed E-state index contributed by atoms with van der Waals surface area (Å²) in [7, 11) is -4.20. The van der Waals surface area contributed by atoms with Crippen molar-refractivity contribution < 1.29 is 12.8 Å². The van der Waals surface area contributed by atoms with Crippen LogP contribution in [0.15, 0.2) is 46.3 Å². The Hall–Kier alpha value is -2.66. The molecule has 0 atom stereocenters. The molecule has 1 aromatic carbocycles. The number of pyridine rings is 1. The molecule has 1 aromatic heterocycles. The molecule has 0 aliphatic rings. The van der Waals surface area contributed by atoms with Crippen molar-refractivity contribution in [3.63, 3.8) is 0 Å². The van der Waals surface area contributed by atoms with Crippen molar-refractivity contribution >= 4 is 15.7 Å². The predicted molar refractivity (Wildman–Crippen MR) is 69.0 cm³/mol. The molecule has 6 nitrogen and oxygen atoms in total. The van der Waals surface area contributed by atoms with Gasteiger partial charge in [0, 0.05) is 18.5 Å². The minimum Gasteiger partial charge on any atom is -0.366 e. The molecule has 0 fully saturated rings. The molecule has 2 N–H and O–H groups in total. The van der Waals surface area contributed by atoms with Gasteiger partial charge < -0.3 is 4.98 Å². The highest BCUT2D eigenvalue weighted by molar-refractivity contribution is 7.92. The fraction of sp³-hybridized carbons (Fsp3) is 0. The van der Waals surface area contributed by atoms with E-state index < -0.39 is 26.2 Å². The van der Waals surface area contributed by atoms with E-state index in [4.69, 9.17) is 5.26 Å². The summed E-state index contributed by atoms with van der Waals surface area (Å²) in [5.74, 6) is -0.903. The third-order valence-corrected chi connectivity index (χ3v) is 3.81. The quantitative estimate of drug-likeness (QED) is 0.887. The van der Waals surface area contributed by atoms with Gasteiger partial charge in [-0.2, -0.15) is 5.26 Å². The zero-order valence-corrected chi connectivity index (χ0v) is 10.7. The summed E-state index contributed by atoms with van der Waals surface area (Å²) in [6, 6.07) is 6.04. The lowest BCUT2D eigenvalue weighted by Crippen LogP contribution is -2.21. The minimum absolute atomic E-state index is 0.0583. The van der Waals surface area contributed by atoms with E-state index in [0.29, 0.717) is 0 Å². The van der Waals surface area contributed by atoms with E-state index >= 15 is 0 Å². The molecule has 0 aliphatic heterocycles. The first-order chi connectivity index (χ1) is 9.44. The number of aromatic amines is 1. The van der Waals surface area contributed by atoms with Crippen molar-refractivity contribution in [1.82, 2.24) is 4.98 Å². The van der Waals surface area contributed by atoms with E-state index in [9.17, 15) is 17.6 Å². The van der Waals surface area contributed by atoms with Gasteiger partial charge in [0.25, 0.3) is 10.0 Å². The van der Waals surface area contributed by atoms with Gasteiger partial charge in [-0.1, -0.05) is 0 Å². The van der Waals surface area contributed by atoms with Crippen LogP contribution in [0.4, 0.5) is 10.1 Å². The topological polar surface area (TPSA) is 103 Å². The van der Waals surface area contributed by atoms with Crippen LogP contribution in [-0.2, 0) is 10.0 Å². The molecule has 0 amide bonds. The number of aromatic nitrogens is 1. The van der Waals surface area contributed by atoms with E-state index in [-0.39, 0.29) is 11.3 Å². The molecule has 0 radical (unpaired) electrons. The summed E-state index contributed by atoms with van der Waals surface area (Å²) in [6.07, 6.45) is 2.29. The number of hydrogen-bond acceptors (Lipinski definition) is 4. The van der Waals surface area contributed by atoms with Gasteiger partial charge in [0.2, 0.25) is 5.43 Å². The normalized spacial score (nSPS) is 10.8. The van der Waals surface area contributed by atoms with Crippen LogP contribution < -0.4 is 10.2 Å². The molecule has 2 rings (SSSR count). The van der Waals surface area contributed by atoms with E-state index in [1.54, 1.807) is 6.07 Å². The van der Waals surface area contributed by atoms with E-state index in [2.05, 4.69) is 4.98 Å². The Morgan fingerprint density at radius 3 is 2.65 bits per heavy atom. The highest BCUT2D eigenvalue weighted by atomic mass is 32.2. The molecule has 0 bridgehead atoms. The van der Waals surface area contributed by atoms with Crippen LogP contribution in [0, 0.1) is 17.1 Å². The molecule has 20 heavy (non-hydrogen) atoms. The lowest BCUT2D eigenvalue weighted by atomic mass is 10.2. The largest absolute Gasteiger partial charge is 0.366 e. The molecule has 0 spiro atoms. The maximum absolute atomic E-state index is 13.6. The Labute approximate surface area is 113 Å². The van der Waals surface area contributed by atoms with Crippen molar-refractivity contribution in [3.05, 3.63) is 58.3 Å². The molecular formula is C12H8FN3O3S. The summed E-state index contributed by atoms with van der Waals surface area (Å²) in [5, 5.41) is 8.60. The van der Waals surface area contributed by atoms with Gasteiger partial charge in [0.1, 0.15) is 5.82 Å². The van der Waals surface area contributed by atoms with Gasteiger partial charge in [-0.05, 0) is 18.2 Å². The number of rotatable bonds is 3. The molecular weight excluding hydrogens is 285 g/mol. The van der Waals surface area contributed by atoms with Crippen molar-refractivity contribution in [2.45, 2.75) is 4.90 Å². The second-order valence-electron chi connectivity index (χ2n) is 3.78. The van der Waals surface area contributed by atoms with E-state index in [0.717, 1.165) is 24.4 Å². The monoisotopic (exact) mass is 293 g/mol. The third-order valence-electron chi connectivity index (χ3n) is 2.42. The van der Waals surface area contributed by atoms with Crippen LogP contribution in [-0.4, -0.2) is 13.4 Å². The fourth-order valence-electron chi connectivity index (χ4n) is 1.48. The summed E-state index contributed by atoms with van der Waals surface area (Å²) >= 11 is 0. The second-order valence-corrected chi connectivity index (χ2v) is 5.44. The van der Waals surface area contributed by atoms with Gasteiger partial charge in [0.15, 0.2) is 4.90 Å². The molecule has 2 aromatic rings. The number of benzene rings is 1. The van der Waals surface area contributed by atoms with Crippen LogP contribution in [0.25, 0.3) is 0 Å². The second kappa shape index (κ2) is 5.14. The Morgan fingerprint density at radius 2 is 2.05 bits per heavy atom. The number of H-pyrrole nitrogens is 1. The molecule has 0 saturated carbocycles. The minimum atomic E-state index is -4.20. The number of nitrogens with zero attached hydrogens (tertiary/aromatic N) is 1. The molecule has 8 heteroatoms. The number of nitrogens with one attached hydrogen (secondary N) is 2. The smallest absolute Gasteiger partial charge is 0.267 e. The first-order valence-corrected chi connectivity index (χ1v) is 6.82. The maximum Gasteiger partial charge on any atom is 0.267 e. The average molecular weight is 293 g/mol. The first kappa shape index (κ1) is 13.8. The molecule has 102 valence electrons. The van der Waals surface area contributed by atoms with Gasteiger partial charge in [-0.25, -0.2) is 12.8 Å². The van der Waals surface area contributed by atoms with Gasteiger partial charge >= 0.3 is 0 Å². The number of anilines is 1. The zero-order valence-electron chi connectivity index (χ0n) is 9.92. The van der Waals surface area contributed by atoms with Crippen molar-refractivity contribution in [2.75, 3.05) is 4.72 Å². The molecule has 0 aliphatic carbocycles. The van der Waals surface area contributed by atoms with Gasteiger partial charge in [0.05, 0.1) is 17.3 Å². The zero-order chi connectivity index (χ0) is 14.8. The predicted octanol–water partition coefficient (Wildman–Crippen LogP) is 1.19. The Bertz CT molecular complexity index is 853. The maximum atomic E-state index is 13.6. The van der Waals surface area contributed by atoms with Crippen molar-refractivity contribution in [2.24, 2.45) is 0 Å². The Morgan fingerprint density at radius 1 is 1.30 bits per heavy atom. The third kappa shape index (κ3) is 2.67. The summed E-state index contributed by atoms with van der Waals surface area (Å²) in [5.41, 5.74) is -0.999. The first-order valence-electron chi connectivity index (χ1n) is 5.33. The van der Waals surface area contributed by atoms with Crippen LogP contribution in [0.2, 0.25) is 0 Å². The van der Waals surface area contributed by atoms with E-state index in [1.807, 2.05) is 4.72 Å². The van der Waals surface area contributed by atoms with Gasteiger partial charge in [-0.3, -0.25) is 9.52 Å².